The van der Waals surface area contributed by atoms with Gasteiger partial charge in [-0.2, -0.15) is 5.26 Å². The van der Waals surface area contributed by atoms with Crippen LogP contribution in [0.5, 0.6) is 5.06 Å². The van der Waals surface area contributed by atoms with Crippen LogP contribution in [0.25, 0.3) is 10.1 Å². The Bertz CT molecular complexity index is 510. The summed E-state index contributed by atoms with van der Waals surface area (Å²) in [7, 11) is 0. The standard InChI is InChI=1S/C9H6N2OS/c10-4-5-1-7(11)6-3-9(12)13-8(6)2-5/h1-3,12H,11H2. The molecule has 13 heavy (non-hydrogen) atoms. The highest BCUT2D eigenvalue weighted by molar-refractivity contribution is 7.20. The van der Waals surface area contributed by atoms with Crippen LogP contribution in [0.15, 0.2) is 18.2 Å². The monoisotopic (exact) mass is 190 g/mol. The van der Waals surface area contributed by atoms with Gasteiger partial charge >= 0.3 is 0 Å². The zero-order valence-corrected chi connectivity index (χ0v) is 7.43. The van der Waals surface area contributed by atoms with E-state index in [1.807, 2.05) is 6.07 Å². The van der Waals surface area contributed by atoms with Gasteiger partial charge in [0.1, 0.15) is 0 Å². The van der Waals surface area contributed by atoms with E-state index in [0.29, 0.717) is 11.3 Å². The number of anilines is 1. The maximum atomic E-state index is 9.22. The Morgan fingerprint density at radius 1 is 1.38 bits per heavy atom. The number of hydrogen-bond donors (Lipinski definition) is 2. The molecule has 0 saturated heterocycles. The Kier molecular flexibility index (Phi) is 1.61. The van der Waals surface area contributed by atoms with Crippen molar-refractivity contribution in [2.45, 2.75) is 0 Å². The van der Waals surface area contributed by atoms with Gasteiger partial charge in [-0.05, 0) is 12.1 Å². The second kappa shape index (κ2) is 2.64. The molecule has 0 radical (unpaired) electrons. The molecule has 1 heterocycles. The van der Waals surface area contributed by atoms with Crippen molar-refractivity contribution in [2.24, 2.45) is 0 Å². The summed E-state index contributed by atoms with van der Waals surface area (Å²) in [5, 5.41) is 18.9. The largest absolute Gasteiger partial charge is 0.499 e. The van der Waals surface area contributed by atoms with Crippen LogP contribution in [0.3, 0.4) is 0 Å². The summed E-state index contributed by atoms with van der Waals surface area (Å²) in [5.74, 6) is 0. The van der Waals surface area contributed by atoms with Crippen molar-refractivity contribution < 1.29 is 5.11 Å². The van der Waals surface area contributed by atoms with Crippen LogP contribution >= 0.6 is 11.3 Å². The van der Waals surface area contributed by atoms with Gasteiger partial charge in [0.05, 0.1) is 11.6 Å². The first-order valence-electron chi connectivity index (χ1n) is 3.63. The number of benzene rings is 1. The summed E-state index contributed by atoms with van der Waals surface area (Å²) in [5.41, 5.74) is 6.74. The first-order valence-corrected chi connectivity index (χ1v) is 4.44. The zero-order chi connectivity index (χ0) is 9.42. The number of thiophene rings is 1. The zero-order valence-electron chi connectivity index (χ0n) is 6.61. The number of nitrogen functional groups attached to an aromatic ring is 1. The molecule has 2 aromatic rings. The van der Waals surface area contributed by atoms with E-state index in [0.717, 1.165) is 10.1 Å². The van der Waals surface area contributed by atoms with Crippen LogP contribution in [0.2, 0.25) is 0 Å². The molecule has 0 aliphatic heterocycles. The SMILES string of the molecule is N#Cc1cc(N)c2cc(O)sc2c1. The Morgan fingerprint density at radius 2 is 2.15 bits per heavy atom. The third-order valence-corrected chi connectivity index (χ3v) is 2.67. The van der Waals surface area contributed by atoms with Gasteiger partial charge in [-0.15, -0.1) is 0 Å². The van der Waals surface area contributed by atoms with Gasteiger partial charge < -0.3 is 10.8 Å². The quantitative estimate of drug-likeness (QED) is 0.624. The van der Waals surface area contributed by atoms with Gasteiger partial charge in [0.15, 0.2) is 5.06 Å². The van der Waals surface area contributed by atoms with Gasteiger partial charge in [-0.3, -0.25) is 0 Å². The van der Waals surface area contributed by atoms with Crippen LogP contribution < -0.4 is 5.73 Å². The molecule has 0 atom stereocenters. The number of nitrogens with zero attached hydrogens (tertiary/aromatic N) is 1. The first kappa shape index (κ1) is 7.90. The summed E-state index contributed by atoms with van der Waals surface area (Å²) >= 11 is 1.22. The molecule has 0 bridgehead atoms. The number of fused-ring (bicyclic) bond motifs is 1. The van der Waals surface area contributed by atoms with Crippen molar-refractivity contribution in [3.8, 4) is 11.1 Å². The molecule has 1 aromatic heterocycles. The van der Waals surface area contributed by atoms with E-state index in [2.05, 4.69) is 0 Å². The predicted molar refractivity (Wildman–Crippen MR) is 52.6 cm³/mol. The first-order chi connectivity index (χ1) is 6.20. The van der Waals surface area contributed by atoms with Crippen LogP contribution in [0, 0.1) is 11.3 Å². The van der Waals surface area contributed by atoms with E-state index in [1.54, 1.807) is 18.2 Å². The highest BCUT2D eigenvalue weighted by Gasteiger charge is 2.05. The van der Waals surface area contributed by atoms with Gasteiger partial charge in [-0.25, -0.2) is 0 Å². The van der Waals surface area contributed by atoms with Crippen molar-refractivity contribution in [3.63, 3.8) is 0 Å². The lowest BCUT2D eigenvalue weighted by Crippen LogP contribution is -1.85. The number of nitrogens with two attached hydrogens (primary N) is 1. The van der Waals surface area contributed by atoms with Crippen LogP contribution in [-0.2, 0) is 0 Å². The van der Waals surface area contributed by atoms with Gasteiger partial charge in [-0.1, -0.05) is 11.3 Å². The normalized spacial score (nSPS) is 10.1. The topological polar surface area (TPSA) is 70.0 Å². The Balaban J connectivity index is 2.85. The smallest absolute Gasteiger partial charge is 0.172 e. The minimum Gasteiger partial charge on any atom is -0.499 e. The molecule has 3 nitrogen and oxygen atoms in total. The highest BCUT2D eigenvalue weighted by Crippen LogP contribution is 2.34. The second-order valence-corrected chi connectivity index (χ2v) is 3.74. The number of hydrogen-bond acceptors (Lipinski definition) is 4. The molecule has 1 aromatic carbocycles. The van der Waals surface area contributed by atoms with Crippen LogP contribution in [0.4, 0.5) is 5.69 Å². The Morgan fingerprint density at radius 3 is 2.85 bits per heavy atom. The fourth-order valence-electron chi connectivity index (χ4n) is 1.22. The highest BCUT2D eigenvalue weighted by atomic mass is 32.1. The van der Waals surface area contributed by atoms with Crippen molar-refractivity contribution >= 4 is 27.1 Å². The third-order valence-electron chi connectivity index (χ3n) is 1.79. The number of aromatic hydroxyl groups is 1. The average molecular weight is 190 g/mol. The number of rotatable bonds is 0. The van der Waals surface area contributed by atoms with E-state index in [4.69, 9.17) is 11.0 Å². The van der Waals surface area contributed by atoms with Gasteiger partial charge in [0.2, 0.25) is 0 Å². The van der Waals surface area contributed by atoms with E-state index < -0.39 is 0 Å². The lowest BCUT2D eigenvalue weighted by atomic mass is 10.1. The van der Waals surface area contributed by atoms with Gasteiger partial charge in [0, 0.05) is 21.8 Å². The Labute approximate surface area is 78.6 Å². The maximum absolute atomic E-state index is 9.22. The van der Waals surface area contributed by atoms with E-state index in [9.17, 15) is 5.11 Å². The molecule has 2 rings (SSSR count). The van der Waals surface area contributed by atoms with Crippen LogP contribution in [-0.4, -0.2) is 5.11 Å². The van der Waals surface area contributed by atoms with Crippen LogP contribution in [0.1, 0.15) is 5.56 Å². The van der Waals surface area contributed by atoms with E-state index in [-0.39, 0.29) is 5.06 Å². The summed E-state index contributed by atoms with van der Waals surface area (Å²) in [6, 6.07) is 6.95. The molecule has 0 spiro atoms. The lowest BCUT2D eigenvalue weighted by Gasteiger charge is -1.95. The molecular formula is C9H6N2OS. The molecule has 0 unspecified atom stereocenters. The van der Waals surface area contributed by atoms with Gasteiger partial charge in [0.25, 0.3) is 0 Å². The molecular weight excluding hydrogens is 184 g/mol. The third kappa shape index (κ3) is 1.19. The summed E-state index contributed by atoms with van der Waals surface area (Å²) in [6.45, 7) is 0. The molecule has 0 saturated carbocycles. The summed E-state index contributed by atoms with van der Waals surface area (Å²) < 4.78 is 0.842. The lowest BCUT2D eigenvalue weighted by molar-refractivity contribution is 0.491. The fourth-order valence-corrected chi connectivity index (χ4v) is 2.09. The Hall–Kier alpha value is -1.73. The maximum Gasteiger partial charge on any atom is 0.172 e. The molecule has 4 heteroatoms. The molecule has 64 valence electrons. The minimum absolute atomic E-state index is 0.219. The van der Waals surface area contributed by atoms with E-state index >= 15 is 0 Å². The molecule has 0 aliphatic carbocycles. The summed E-state index contributed by atoms with van der Waals surface area (Å²) in [4.78, 5) is 0. The molecule has 0 amide bonds. The molecule has 0 aliphatic rings. The van der Waals surface area contributed by atoms with Crippen molar-refractivity contribution in [2.75, 3.05) is 5.73 Å². The fraction of sp³-hybridized carbons (Fsp3) is 0. The predicted octanol–water partition coefficient (Wildman–Crippen LogP) is 2.06. The van der Waals surface area contributed by atoms with Crippen molar-refractivity contribution in [1.82, 2.24) is 0 Å². The molecule has 0 fully saturated rings. The van der Waals surface area contributed by atoms with E-state index in [1.165, 1.54) is 11.3 Å². The van der Waals surface area contributed by atoms with Crippen molar-refractivity contribution in [3.05, 3.63) is 23.8 Å². The number of nitriles is 1. The summed E-state index contributed by atoms with van der Waals surface area (Å²) in [6.07, 6.45) is 0. The average Bonchev–Trinajstić information content (AvgIpc) is 2.46. The van der Waals surface area contributed by atoms with Crippen molar-refractivity contribution in [1.29, 1.82) is 5.26 Å². The molecule has 3 N–H and O–H groups in total. The minimum atomic E-state index is 0.219. The second-order valence-electron chi connectivity index (χ2n) is 2.67.